The molecular formula is C23H25N5O4. The van der Waals surface area contributed by atoms with Gasteiger partial charge in [-0.25, -0.2) is 14.8 Å². The molecule has 166 valence electrons. The van der Waals surface area contributed by atoms with E-state index in [9.17, 15) is 4.79 Å². The summed E-state index contributed by atoms with van der Waals surface area (Å²) in [6.45, 7) is 4.72. The molecule has 32 heavy (non-hydrogen) atoms. The zero-order valence-electron chi connectivity index (χ0n) is 17.7. The number of rotatable bonds is 7. The van der Waals surface area contributed by atoms with Gasteiger partial charge in [0, 0.05) is 36.2 Å². The van der Waals surface area contributed by atoms with Gasteiger partial charge in [0.05, 0.1) is 24.6 Å². The fraction of sp³-hybridized carbons (Fsp3) is 0.261. The van der Waals surface area contributed by atoms with E-state index in [2.05, 4.69) is 32.3 Å². The molecule has 1 aliphatic heterocycles. The molecule has 0 aliphatic carbocycles. The zero-order valence-corrected chi connectivity index (χ0v) is 17.7. The van der Waals surface area contributed by atoms with Gasteiger partial charge in [0.2, 0.25) is 5.95 Å². The fourth-order valence-electron chi connectivity index (χ4n) is 3.34. The number of morpholine rings is 1. The largest absolute Gasteiger partial charge is 0.479 e. The minimum absolute atomic E-state index is 0.316. The molecule has 1 aromatic heterocycles. The third-order valence-corrected chi connectivity index (χ3v) is 5.11. The van der Waals surface area contributed by atoms with E-state index in [1.807, 2.05) is 12.1 Å². The molecule has 1 fully saturated rings. The Hall–Kier alpha value is -3.85. The number of carboxylic acid groups (broad SMARTS) is 1. The van der Waals surface area contributed by atoms with Gasteiger partial charge >= 0.3 is 5.97 Å². The standard InChI is InChI=1S/C23H25N5O4/c1-15(22(29)30)32-21-7-2-16(14-19(21)24)20-8-9-25-23(27-20)26-17-3-5-18(6-4-17)28-10-12-31-13-11-28/h2-9,14-15H,10-13,24H2,1H3,(H,29,30)(H,25,26,27). The average Bonchev–Trinajstić information content (AvgIpc) is 2.81. The highest BCUT2D eigenvalue weighted by Gasteiger charge is 2.15. The minimum Gasteiger partial charge on any atom is -0.479 e. The van der Waals surface area contributed by atoms with Crippen molar-refractivity contribution in [1.82, 2.24) is 9.97 Å². The molecular weight excluding hydrogens is 410 g/mol. The number of carboxylic acids is 1. The first-order chi connectivity index (χ1) is 15.5. The Kier molecular flexibility index (Phi) is 6.37. The van der Waals surface area contributed by atoms with Gasteiger partial charge in [0.15, 0.2) is 6.10 Å². The molecule has 1 aliphatic rings. The third kappa shape index (κ3) is 5.06. The topological polar surface area (TPSA) is 123 Å². The molecule has 9 heteroatoms. The van der Waals surface area contributed by atoms with E-state index in [-0.39, 0.29) is 0 Å². The van der Waals surface area contributed by atoms with E-state index in [4.69, 9.17) is 20.3 Å². The van der Waals surface area contributed by atoms with Gasteiger partial charge in [-0.1, -0.05) is 0 Å². The first kappa shape index (κ1) is 21.4. The van der Waals surface area contributed by atoms with Crippen LogP contribution in [0.3, 0.4) is 0 Å². The lowest BCUT2D eigenvalue weighted by Gasteiger charge is -2.28. The van der Waals surface area contributed by atoms with Gasteiger partial charge in [0.1, 0.15) is 5.75 Å². The van der Waals surface area contributed by atoms with Crippen molar-refractivity contribution in [1.29, 1.82) is 0 Å². The Labute approximate surface area is 185 Å². The second-order valence-corrected chi connectivity index (χ2v) is 7.39. The summed E-state index contributed by atoms with van der Waals surface area (Å²) in [5, 5.41) is 12.2. The molecule has 9 nitrogen and oxygen atoms in total. The number of nitrogen functional groups attached to an aromatic ring is 1. The average molecular weight is 435 g/mol. The van der Waals surface area contributed by atoms with E-state index in [1.54, 1.807) is 30.5 Å². The maximum atomic E-state index is 11.0. The summed E-state index contributed by atoms with van der Waals surface area (Å²) < 4.78 is 10.8. The van der Waals surface area contributed by atoms with E-state index in [0.717, 1.165) is 43.2 Å². The summed E-state index contributed by atoms with van der Waals surface area (Å²) in [7, 11) is 0. The number of carbonyl (C=O) groups is 1. The first-order valence-electron chi connectivity index (χ1n) is 10.3. The highest BCUT2D eigenvalue weighted by atomic mass is 16.5. The highest BCUT2D eigenvalue weighted by Crippen LogP contribution is 2.29. The Morgan fingerprint density at radius 2 is 1.94 bits per heavy atom. The molecule has 2 aromatic carbocycles. The van der Waals surface area contributed by atoms with Crippen LogP contribution < -0.4 is 20.7 Å². The maximum Gasteiger partial charge on any atom is 0.344 e. The van der Waals surface area contributed by atoms with Crippen molar-refractivity contribution in [3.63, 3.8) is 0 Å². The van der Waals surface area contributed by atoms with Gasteiger partial charge in [-0.3, -0.25) is 0 Å². The Balaban J connectivity index is 1.46. The fourth-order valence-corrected chi connectivity index (χ4v) is 3.34. The van der Waals surface area contributed by atoms with E-state index in [0.29, 0.717) is 23.1 Å². The molecule has 0 radical (unpaired) electrons. The monoisotopic (exact) mass is 435 g/mol. The molecule has 3 aromatic rings. The van der Waals surface area contributed by atoms with Crippen molar-refractivity contribution in [3.05, 3.63) is 54.7 Å². The van der Waals surface area contributed by atoms with Crippen LogP contribution in [0.1, 0.15) is 6.92 Å². The summed E-state index contributed by atoms with van der Waals surface area (Å²) in [4.78, 5) is 22.2. The molecule has 0 saturated carbocycles. The number of nitrogens with zero attached hydrogens (tertiary/aromatic N) is 3. The van der Waals surface area contributed by atoms with Crippen molar-refractivity contribution >= 4 is 29.0 Å². The number of hydrogen-bond acceptors (Lipinski definition) is 8. The highest BCUT2D eigenvalue weighted by molar-refractivity contribution is 5.74. The summed E-state index contributed by atoms with van der Waals surface area (Å²) in [6, 6.07) is 15.0. The predicted octanol–water partition coefficient (Wildman–Crippen LogP) is 3.16. The van der Waals surface area contributed by atoms with Crippen LogP contribution in [0.25, 0.3) is 11.3 Å². The van der Waals surface area contributed by atoms with E-state index in [1.165, 1.54) is 6.92 Å². The number of hydrogen-bond donors (Lipinski definition) is 3. The lowest BCUT2D eigenvalue weighted by atomic mass is 10.1. The Morgan fingerprint density at radius 1 is 1.19 bits per heavy atom. The number of aliphatic carboxylic acids is 1. The number of nitrogens with two attached hydrogens (primary N) is 1. The summed E-state index contributed by atoms with van der Waals surface area (Å²) in [5.74, 6) is -0.283. The maximum absolute atomic E-state index is 11.0. The van der Waals surface area contributed by atoms with Crippen LogP contribution in [0.5, 0.6) is 5.75 Å². The van der Waals surface area contributed by atoms with Gasteiger partial charge in [-0.15, -0.1) is 0 Å². The van der Waals surface area contributed by atoms with Gasteiger partial charge in [-0.05, 0) is 55.5 Å². The van der Waals surface area contributed by atoms with Gasteiger partial charge in [0.25, 0.3) is 0 Å². The quantitative estimate of drug-likeness (QED) is 0.480. The Morgan fingerprint density at radius 3 is 2.62 bits per heavy atom. The lowest BCUT2D eigenvalue weighted by molar-refractivity contribution is -0.144. The van der Waals surface area contributed by atoms with E-state index >= 15 is 0 Å². The van der Waals surface area contributed by atoms with Crippen LogP contribution in [0.15, 0.2) is 54.7 Å². The van der Waals surface area contributed by atoms with Crippen LogP contribution in [0.2, 0.25) is 0 Å². The first-order valence-corrected chi connectivity index (χ1v) is 10.3. The number of aromatic nitrogens is 2. The second kappa shape index (κ2) is 9.52. The molecule has 0 spiro atoms. The van der Waals surface area contributed by atoms with Crippen LogP contribution in [-0.4, -0.2) is 53.5 Å². The van der Waals surface area contributed by atoms with Crippen LogP contribution in [0, 0.1) is 0 Å². The van der Waals surface area contributed by atoms with Crippen molar-refractivity contribution in [2.24, 2.45) is 0 Å². The number of benzene rings is 2. The smallest absolute Gasteiger partial charge is 0.344 e. The van der Waals surface area contributed by atoms with Crippen LogP contribution in [0.4, 0.5) is 23.0 Å². The molecule has 4 N–H and O–H groups in total. The SMILES string of the molecule is CC(Oc1ccc(-c2ccnc(Nc3ccc(N4CCOCC4)cc3)n2)cc1N)C(=O)O. The third-order valence-electron chi connectivity index (χ3n) is 5.11. The van der Waals surface area contributed by atoms with Crippen molar-refractivity contribution < 1.29 is 19.4 Å². The summed E-state index contributed by atoms with van der Waals surface area (Å²) in [5.41, 5.74) is 9.87. The molecule has 1 unspecified atom stereocenters. The second-order valence-electron chi connectivity index (χ2n) is 7.39. The number of nitrogens with one attached hydrogen (secondary N) is 1. The molecule has 0 amide bonds. The molecule has 1 saturated heterocycles. The molecule has 4 rings (SSSR count). The van der Waals surface area contributed by atoms with Crippen molar-refractivity contribution in [2.45, 2.75) is 13.0 Å². The van der Waals surface area contributed by atoms with Crippen LogP contribution >= 0.6 is 0 Å². The summed E-state index contributed by atoms with van der Waals surface area (Å²) >= 11 is 0. The van der Waals surface area contributed by atoms with Gasteiger partial charge in [-0.2, -0.15) is 0 Å². The predicted molar refractivity (Wildman–Crippen MR) is 122 cm³/mol. The molecule has 1 atom stereocenters. The lowest BCUT2D eigenvalue weighted by Crippen LogP contribution is -2.36. The Bertz CT molecular complexity index is 1080. The number of anilines is 4. The normalized spacial score (nSPS) is 14.6. The zero-order chi connectivity index (χ0) is 22.5. The summed E-state index contributed by atoms with van der Waals surface area (Å²) in [6.07, 6.45) is 0.674. The minimum atomic E-state index is -1.06. The molecule has 2 heterocycles. The van der Waals surface area contributed by atoms with Crippen LogP contribution in [-0.2, 0) is 9.53 Å². The van der Waals surface area contributed by atoms with Gasteiger partial charge < -0.3 is 30.5 Å². The van der Waals surface area contributed by atoms with Crippen molar-refractivity contribution in [3.8, 4) is 17.0 Å². The molecule has 0 bridgehead atoms. The van der Waals surface area contributed by atoms with E-state index < -0.39 is 12.1 Å². The number of ether oxygens (including phenoxy) is 2. The van der Waals surface area contributed by atoms with Crippen molar-refractivity contribution in [2.75, 3.05) is 42.3 Å².